The molecule has 2 nitrogen and oxygen atoms in total. The van der Waals surface area contributed by atoms with E-state index in [2.05, 4.69) is 4.98 Å². The normalized spacial score (nSPS) is 11.7. The van der Waals surface area contributed by atoms with Crippen molar-refractivity contribution in [1.29, 1.82) is 0 Å². The summed E-state index contributed by atoms with van der Waals surface area (Å²) in [5.74, 6) is 0. The fourth-order valence-electron chi connectivity index (χ4n) is 1.26. The molecule has 2 aromatic rings. The Balaban J connectivity index is 2.36. The molecule has 1 heterocycles. The van der Waals surface area contributed by atoms with E-state index in [0.29, 0.717) is 5.56 Å². The monoisotopic (exact) mass is 293 g/mol. The van der Waals surface area contributed by atoms with Crippen molar-refractivity contribution in [2.75, 3.05) is 0 Å². The molecular formula is C10H6Cl3NOS. The van der Waals surface area contributed by atoms with Crippen molar-refractivity contribution < 1.29 is 0 Å². The lowest BCUT2D eigenvalue weighted by molar-refractivity contribution is 1.24. The molecule has 0 aliphatic rings. The van der Waals surface area contributed by atoms with Gasteiger partial charge in [0.1, 0.15) is 0 Å². The van der Waals surface area contributed by atoms with Gasteiger partial charge in [-0.15, -0.1) is 0 Å². The highest BCUT2D eigenvalue weighted by Gasteiger charge is 2.22. The van der Waals surface area contributed by atoms with Gasteiger partial charge >= 0.3 is 4.87 Å². The lowest BCUT2D eigenvalue weighted by atomic mass is 10.1. The van der Waals surface area contributed by atoms with Crippen molar-refractivity contribution >= 4 is 46.1 Å². The van der Waals surface area contributed by atoms with E-state index < -0.39 is 3.79 Å². The summed E-state index contributed by atoms with van der Waals surface area (Å²) >= 11 is 18.3. The number of nitrogens with one attached hydrogen (secondary N) is 1. The van der Waals surface area contributed by atoms with Crippen molar-refractivity contribution in [3.63, 3.8) is 0 Å². The number of alkyl halides is 3. The first-order valence-electron chi connectivity index (χ1n) is 4.32. The Morgan fingerprint density at radius 3 is 2.19 bits per heavy atom. The Morgan fingerprint density at radius 2 is 1.75 bits per heavy atom. The maximum Gasteiger partial charge on any atom is 0.304 e. The number of halogens is 3. The molecule has 0 aliphatic carbocycles. The Bertz CT molecular complexity index is 538. The molecule has 0 fully saturated rings. The van der Waals surface area contributed by atoms with Crippen LogP contribution >= 0.6 is 46.1 Å². The van der Waals surface area contributed by atoms with Crippen LogP contribution in [0.4, 0.5) is 0 Å². The van der Waals surface area contributed by atoms with Crippen LogP contribution in [0.2, 0.25) is 0 Å². The average molecular weight is 295 g/mol. The molecule has 0 atom stereocenters. The molecule has 0 radical (unpaired) electrons. The van der Waals surface area contributed by atoms with Crippen LogP contribution in [0.1, 0.15) is 5.56 Å². The van der Waals surface area contributed by atoms with E-state index in [1.54, 1.807) is 29.6 Å². The van der Waals surface area contributed by atoms with Crippen LogP contribution in [0.3, 0.4) is 0 Å². The minimum atomic E-state index is -1.42. The summed E-state index contributed by atoms with van der Waals surface area (Å²) in [6.07, 6.45) is 0. The van der Waals surface area contributed by atoms with Gasteiger partial charge in [0.25, 0.3) is 0 Å². The van der Waals surface area contributed by atoms with Crippen LogP contribution in [0.25, 0.3) is 11.3 Å². The van der Waals surface area contributed by atoms with Gasteiger partial charge in [-0.3, -0.25) is 4.79 Å². The van der Waals surface area contributed by atoms with Crippen molar-refractivity contribution in [3.05, 3.63) is 44.9 Å². The predicted octanol–water partition coefficient (Wildman–Crippen LogP) is 3.93. The summed E-state index contributed by atoms with van der Waals surface area (Å²) in [5.41, 5.74) is 2.25. The maximum absolute atomic E-state index is 11.0. The van der Waals surface area contributed by atoms with Gasteiger partial charge in [-0.1, -0.05) is 70.4 Å². The largest absolute Gasteiger partial charge is 0.312 e. The van der Waals surface area contributed by atoms with Crippen molar-refractivity contribution in [1.82, 2.24) is 4.98 Å². The third-order valence-corrected chi connectivity index (χ3v) is 3.37. The standard InChI is InChI=1S/C10H6Cl3NOS/c11-10(12,13)7-3-1-6(2-4-7)8-5-16-9(15)14-8/h1-5H,(H,14,15). The summed E-state index contributed by atoms with van der Waals surface area (Å²) in [4.78, 5) is 13.6. The highest BCUT2D eigenvalue weighted by Crippen LogP contribution is 2.38. The van der Waals surface area contributed by atoms with E-state index in [4.69, 9.17) is 34.8 Å². The number of aromatic nitrogens is 1. The lowest BCUT2D eigenvalue weighted by Gasteiger charge is -2.11. The Kier molecular flexibility index (Phi) is 3.31. The molecule has 0 saturated carbocycles. The van der Waals surface area contributed by atoms with E-state index in [1.165, 1.54) is 0 Å². The van der Waals surface area contributed by atoms with Gasteiger partial charge in [0, 0.05) is 10.9 Å². The van der Waals surface area contributed by atoms with Crippen molar-refractivity contribution in [2.45, 2.75) is 3.79 Å². The molecule has 0 amide bonds. The molecule has 0 saturated heterocycles. The Hall–Kier alpha value is -0.480. The number of rotatable bonds is 1. The van der Waals surface area contributed by atoms with Crippen LogP contribution in [0.15, 0.2) is 34.4 Å². The van der Waals surface area contributed by atoms with Gasteiger partial charge in [0.15, 0.2) is 0 Å². The van der Waals surface area contributed by atoms with Crippen LogP contribution in [-0.2, 0) is 3.79 Å². The molecular weight excluding hydrogens is 289 g/mol. The second kappa shape index (κ2) is 4.41. The van der Waals surface area contributed by atoms with Gasteiger partial charge < -0.3 is 4.98 Å². The first kappa shape index (κ1) is 12.0. The quantitative estimate of drug-likeness (QED) is 0.794. The summed E-state index contributed by atoms with van der Waals surface area (Å²) in [5, 5.41) is 1.76. The van der Waals surface area contributed by atoms with E-state index in [1.807, 2.05) is 0 Å². The minimum Gasteiger partial charge on any atom is -0.312 e. The summed E-state index contributed by atoms with van der Waals surface area (Å²) in [6, 6.07) is 7.04. The van der Waals surface area contributed by atoms with Gasteiger partial charge in [-0.2, -0.15) is 0 Å². The maximum atomic E-state index is 11.0. The Morgan fingerprint density at radius 1 is 1.12 bits per heavy atom. The molecule has 2 rings (SSSR count). The molecule has 1 aromatic heterocycles. The SMILES string of the molecule is O=c1[nH]c(-c2ccc(C(Cl)(Cl)Cl)cc2)cs1. The van der Waals surface area contributed by atoms with Gasteiger partial charge in [-0.05, 0) is 5.56 Å². The fourth-order valence-corrected chi connectivity index (χ4v) is 2.23. The van der Waals surface area contributed by atoms with Gasteiger partial charge in [0.2, 0.25) is 3.79 Å². The fraction of sp³-hybridized carbons (Fsp3) is 0.100. The number of hydrogen-bond donors (Lipinski definition) is 1. The van der Waals surface area contributed by atoms with Crippen LogP contribution < -0.4 is 4.87 Å². The van der Waals surface area contributed by atoms with Crippen LogP contribution in [0, 0.1) is 0 Å². The highest BCUT2D eigenvalue weighted by atomic mass is 35.6. The zero-order valence-electron chi connectivity index (χ0n) is 7.84. The van der Waals surface area contributed by atoms with E-state index in [0.717, 1.165) is 22.6 Å². The first-order chi connectivity index (χ1) is 7.47. The molecule has 0 unspecified atom stereocenters. The molecule has 1 N–H and O–H groups in total. The first-order valence-corrected chi connectivity index (χ1v) is 6.33. The second-order valence-corrected chi connectivity index (χ2v) is 6.26. The third kappa shape index (κ3) is 2.61. The zero-order valence-corrected chi connectivity index (χ0v) is 10.9. The summed E-state index contributed by atoms with van der Waals surface area (Å²) in [7, 11) is 0. The van der Waals surface area contributed by atoms with Gasteiger partial charge in [0.05, 0.1) is 5.69 Å². The number of H-pyrrole nitrogens is 1. The number of thiazole rings is 1. The van der Waals surface area contributed by atoms with Crippen molar-refractivity contribution in [2.24, 2.45) is 0 Å². The average Bonchev–Trinajstić information content (AvgIpc) is 2.64. The summed E-state index contributed by atoms with van der Waals surface area (Å²) < 4.78 is -1.42. The molecule has 0 bridgehead atoms. The smallest absolute Gasteiger partial charge is 0.304 e. The van der Waals surface area contributed by atoms with Crippen LogP contribution in [0.5, 0.6) is 0 Å². The molecule has 0 spiro atoms. The molecule has 0 aliphatic heterocycles. The third-order valence-electron chi connectivity index (χ3n) is 2.04. The topological polar surface area (TPSA) is 32.9 Å². The molecule has 1 aromatic carbocycles. The Labute approximate surface area is 111 Å². The zero-order chi connectivity index (χ0) is 11.8. The highest BCUT2D eigenvalue weighted by molar-refractivity contribution is 7.07. The summed E-state index contributed by atoms with van der Waals surface area (Å²) in [6.45, 7) is 0. The van der Waals surface area contributed by atoms with Gasteiger partial charge in [-0.25, -0.2) is 0 Å². The second-order valence-electron chi connectivity index (χ2n) is 3.14. The van der Waals surface area contributed by atoms with E-state index >= 15 is 0 Å². The van der Waals surface area contributed by atoms with E-state index in [9.17, 15) is 4.79 Å². The number of hydrogen-bond acceptors (Lipinski definition) is 2. The van der Waals surface area contributed by atoms with Crippen LogP contribution in [-0.4, -0.2) is 4.98 Å². The van der Waals surface area contributed by atoms with E-state index in [-0.39, 0.29) is 4.87 Å². The predicted molar refractivity (Wildman–Crippen MR) is 69.6 cm³/mol. The molecule has 84 valence electrons. The minimum absolute atomic E-state index is 0.0829. The lowest BCUT2D eigenvalue weighted by Crippen LogP contribution is -1.99. The number of aromatic amines is 1. The van der Waals surface area contributed by atoms with Crippen molar-refractivity contribution in [3.8, 4) is 11.3 Å². The molecule has 16 heavy (non-hydrogen) atoms. The molecule has 6 heteroatoms. The number of benzene rings is 1.